The van der Waals surface area contributed by atoms with Crippen molar-refractivity contribution in [2.45, 2.75) is 38.0 Å². The molecule has 1 aliphatic rings. The highest BCUT2D eigenvalue weighted by molar-refractivity contribution is 5.05. The first-order valence-corrected chi connectivity index (χ1v) is 5.92. The molecule has 0 saturated carbocycles. The van der Waals surface area contributed by atoms with Gasteiger partial charge in [0.05, 0.1) is 6.61 Å². The van der Waals surface area contributed by atoms with Gasteiger partial charge in [0, 0.05) is 11.8 Å². The Labute approximate surface area is 107 Å². The van der Waals surface area contributed by atoms with Crippen LogP contribution in [0.5, 0.6) is 0 Å². The number of aliphatic hydroxyl groups excluding tert-OH is 2. The van der Waals surface area contributed by atoms with Crippen molar-refractivity contribution in [1.82, 2.24) is 9.55 Å². The van der Waals surface area contributed by atoms with E-state index in [4.69, 9.17) is 9.84 Å². The van der Waals surface area contributed by atoms with Gasteiger partial charge in [0.1, 0.15) is 12.2 Å². The number of aromatic nitrogens is 2. The van der Waals surface area contributed by atoms with Crippen molar-refractivity contribution in [3.8, 4) is 0 Å². The summed E-state index contributed by atoms with van der Waals surface area (Å²) in [4.78, 5) is 25.1. The molecule has 0 amide bonds. The van der Waals surface area contributed by atoms with Crippen molar-refractivity contribution in [3.63, 3.8) is 0 Å². The van der Waals surface area contributed by atoms with Crippen molar-refractivity contribution in [2.24, 2.45) is 0 Å². The zero-order chi connectivity index (χ0) is 14.2. The molecule has 3 N–H and O–H groups in total. The van der Waals surface area contributed by atoms with Gasteiger partial charge >= 0.3 is 5.69 Å². The molecule has 1 saturated heterocycles. The summed E-state index contributed by atoms with van der Waals surface area (Å²) in [5.74, 6) is 0. The number of H-pyrrole nitrogens is 1. The van der Waals surface area contributed by atoms with Gasteiger partial charge in [-0.25, -0.2) is 9.18 Å². The quantitative estimate of drug-likeness (QED) is 0.634. The van der Waals surface area contributed by atoms with Crippen LogP contribution in [0.15, 0.2) is 15.8 Å². The van der Waals surface area contributed by atoms with E-state index in [1.807, 2.05) is 0 Å². The molecule has 0 aromatic carbocycles. The maximum absolute atomic E-state index is 13.9. The summed E-state index contributed by atoms with van der Waals surface area (Å²) in [7, 11) is 0. The largest absolute Gasteiger partial charge is 0.394 e. The molecule has 0 bridgehead atoms. The minimum atomic E-state index is -1.86. The number of aromatic amines is 1. The van der Waals surface area contributed by atoms with Crippen molar-refractivity contribution >= 4 is 0 Å². The van der Waals surface area contributed by atoms with Crippen LogP contribution in [-0.2, 0) is 11.2 Å². The average Bonchev–Trinajstić information content (AvgIpc) is 2.67. The summed E-state index contributed by atoms with van der Waals surface area (Å²) in [6, 6.07) is 0. The Morgan fingerprint density at radius 1 is 1.53 bits per heavy atom. The first kappa shape index (κ1) is 13.9. The second kappa shape index (κ2) is 5.24. The van der Waals surface area contributed by atoms with Gasteiger partial charge in [-0.3, -0.25) is 14.3 Å². The van der Waals surface area contributed by atoms with E-state index in [9.17, 15) is 19.1 Å². The van der Waals surface area contributed by atoms with Crippen LogP contribution in [0, 0.1) is 0 Å². The molecule has 7 nitrogen and oxygen atoms in total. The van der Waals surface area contributed by atoms with E-state index >= 15 is 0 Å². The lowest BCUT2D eigenvalue weighted by Crippen LogP contribution is -2.37. The molecule has 0 radical (unpaired) electrons. The summed E-state index contributed by atoms with van der Waals surface area (Å²) in [5, 5.41) is 18.5. The zero-order valence-electron chi connectivity index (χ0n) is 10.2. The Morgan fingerprint density at radius 3 is 2.74 bits per heavy atom. The van der Waals surface area contributed by atoms with E-state index in [0.29, 0.717) is 12.0 Å². The Morgan fingerprint density at radius 2 is 2.21 bits per heavy atom. The zero-order valence-corrected chi connectivity index (χ0v) is 10.2. The highest BCUT2D eigenvalue weighted by atomic mass is 19.1. The lowest BCUT2D eigenvalue weighted by molar-refractivity contribution is -0.0492. The van der Waals surface area contributed by atoms with Crippen molar-refractivity contribution < 1.29 is 19.3 Å². The van der Waals surface area contributed by atoms with Crippen LogP contribution in [-0.4, -0.2) is 44.8 Å². The fraction of sp³-hybridized carbons (Fsp3) is 0.636. The number of aliphatic hydroxyl groups is 2. The third-order valence-electron chi connectivity index (χ3n) is 3.17. The number of nitrogens with zero attached hydrogens (tertiary/aromatic N) is 1. The van der Waals surface area contributed by atoms with Crippen LogP contribution in [0.2, 0.25) is 0 Å². The number of hydrogen-bond acceptors (Lipinski definition) is 5. The van der Waals surface area contributed by atoms with Crippen molar-refractivity contribution in [3.05, 3.63) is 32.6 Å². The smallest absolute Gasteiger partial charge is 0.330 e. The van der Waals surface area contributed by atoms with E-state index in [2.05, 4.69) is 4.98 Å². The molecule has 0 spiro atoms. The van der Waals surface area contributed by atoms with E-state index in [1.54, 1.807) is 6.92 Å². The molecule has 0 unspecified atom stereocenters. The third kappa shape index (κ3) is 2.34. The normalized spacial score (nSPS) is 30.7. The maximum Gasteiger partial charge on any atom is 0.330 e. The third-order valence-corrected chi connectivity index (χ3v) is 3.17. The van der Waals surface area contributed by atoms with E-state index in [1.165, 1.54) is 6.20 Å². The summed E-state index contributed by atoms with van der Waals surface area (Å²) in [6.07, 6.45) is -4.24. The van der Waals surface area contributed by atoms with Gasteiger partial charge in [-0.2, -0.15) is 0 Å². The molecule has 0 aliphatic carbocycles. The van der Waals surface area contributed by atoms with E-state index < -0.39 is 42.5 Å². The molecule has 2 rings (SSSR count). The molecule has 4 atom stereocenters. The van der Waals surface area contributed by atoms with E-state index in [0.717, 1.165) is 4.57 Å². The molecule has 1 aliphatic heterocycles. The van der Waals surface area contributed by atoms with Gasteiger partial charge in [-0.05, 0) is 6.42 Å². The number of alkyl halides is 1. The number of hydrogen-bond donors (Lipinski definition) is 3. The first-order chi connectivity index (χ1) is 8.99. The van der Waals surface area contributed by atoms with Gasteiger partial charge in [0.25, 0.3) is 5.56 Å². The Hall–Kier alpha value is -1.51. The molecule has 106 valence electrons. The molecular formula is C11H15FN2O5. The topological polar surface area (TPSA) is 105 Å². The fourth-order valence-corrected chi connectivity index (χ4v) is 2.05. The molecule has 2 heterocycles. The number of aryl methyl sites for hydroxylation is 1. The predicted molar refractivity (Wildman–Crippen MR) is 62.6 cm³/mol. The summed E-state index contributed by atoms with van der Waals surface area (Å²) in [6.45, 7) is 1.16. The van der Waals surface area contributed by atoms with Crippen LogP contribution >= 0.6 is 0 Å². The summed E-state index contributed by atoms with van der Waals surface area (Å²) < 4.78 is 19.9. The Kier molecular flexibility index (Phi) is 3.83. The van der Waals surface area contributed by atoms with Gasteiger partial charge in [-0.15, -0.1) is 0 Å². The van der Waals surface area contributed by atoms with E-state index in [-0.39, 0.29) is 0 Å². The Balaban J connectivity index is 2.43. The lowest BCUT2D eigenvalue weighted by Gasteiger charge is -2.16. The highest BCUT2D eigenvalue weighted by Gasteiger charge is 2.45. The average molecular weight is 274 g/mol. The predicted octanol–water partition coefficient (Wildman–Crippen LogP) is -1.31. The molecule has 1 fully saturated rings. The first-order valence-electron chi connectivity index (χ1n) is 5.92. The fourth-order valence-electron chi connectivity index (χ4n) is 2.05. The van der Waals surface area contributed by atoms with Crippen LogP contribution < -0.4 is 11.2 Å². The van der Waals surface area contributed by atoms with Crippen LogP contribution in [0.1, 0.15) is 18.7 Å². The van der Waals surface area contributed by atoms with Crippen LogP contribution in [0.25, 0.3) is 0 Å². The van der Waals surface area contributed by atoms with Crippen molar-refractivity contribution in [1.29, 1.82) is 0 Å². The standard InChI is InChI=1S/C11H15FN2O5/c1-2-5-3-14(11(18)13-9(5)17)10-7(12)8(16)6(4-15)19-10/h3,6-8,10,15-16H,2,4H2,1H3,(H,13,17,18)/t6-,7+,8-,10+/m1/s1. The van der Waals surface area contributed by atoms with Gasteiger partial charge < -0.3 is 14.9 Å². The summed E-state index contributed by atoms with van der Waals surface area (Å²) >= 11 is 0. The van der Waals surface area contributed by atoms with Gasteiger partial charge in [0.2, 0.25) is 0 Å². The molecule has 19 heavy (non-hydrogen) atoms. The van der Waals surface area contributed by atoms with Gasteiger partial charge in [-0.1, -0.05) is 6.92 Å². The lowest BCUT2D eigenvalue weighted by atomic mass is 10.1. The minimum absolute atomic E-state index is 0.303. The second-order valence-corrected chi connectivity index (χ2v) is 4.36. The van der Waals surface area contributed by atoms with Crippen molar-refractivity contribution in [2.75, 3.05) is 6.61 Å². The molecule has 1 aromatic rings. The second-order valence-electron chi connectivity index (χ2n) is 4.36. The Bertz CT molecular complexity index is 569. The molecule has 1 aromatic heterocycles. The summed E-state index contributed by atoms with van der Waals surface area (Å²) in [5.41, 5.74) is -1.05. The van der Waals surface area contributed by atoms with Crippen LogP contribution in [0.3, 0.4) is 0 Å². The number of nitrogens with one attached hydrogen (secondary N) is 1. The number of rotatable bonds is 3. The van der Waals surface area contributed by atoms with Crippen LogP contribution in [0.4, 0.5) is 4.39 Å². The number of ether oxygens (including phenoxy) is 1. The monoisotopic (exact) mass is 274 g/mol. The molecular weight excluding hydrogens is 259 g/mol. The maximum atomic E-state index is 13.9. The minimum Gasteiger partial charge on any atom is -0.394 e. The van der Waals surface area contributed by atoms with Gasteiger partial charge in [0.15, 0.2) is 12.4 Å². The SMILES string of the molecule is CCc1cn([C@H]2O[C@H](CO)[C@@H](O)[C@@H]2F)c(=O)[nH]c1=O. The molecule has 8 heteroatoms. The number of halogens is 1. The highest BCUT2D eigenvalue weighted by Crippen LogP contribution is 2.30.